The molecule has 1 saturated heterocycles. The van der Waals surface area contributed by atoms with Crippen molar-refractivity contribution < 1.29 is 75.5 Å². The second kappa shape index (κ2) is 27.3. The van der Waals surface area contributed by atoms with Gasteiger partial charge in [-0.3, -0.25) is 19.7 Å². The number of nitrogens with one attached hydrogen (secondary N) is 4. The minimum absolute atomic E-state index is 0.0301. The third-order valence-corrected chi connectivity index (χ3v) is 11.7. The van der Waals surface area contributed by atoms with Gasteiger partial charge in [0.05, 0.1) is 23.7 Å². The quantitative estimate of drug-likeness (QED) is 0.0336. The lowest BCUT2D eigenvalue weighted by atomic mass is 10.0. The van der Waals surface area contributed by atoms with Crippen molar-refractivity contribution in [2.45, 2.75) is 56.7 Å². The van der Waals surface area contributed by atoms with E-state index in [0.29, 0.717) is 72.3 Å². The van der Waals surface area contributed by atoms with Gasteiger partial charge in [-0.25, -0.2) is 14.4 Å². The molecule has 0 bridgehead atoms. The third kappa shape index (κ3) is 18.3. The first-order valence-corrected chi connectivity index (χ1v) is 23.4. The molecule has 6 aromatic rings. The molecule has 0 spiro atoms. The van der Waals surface area contributed by atoms with Gasteiger partial charge in [-0.15, -0.1) is 0 Å². The van der Waals surface area contributed by atoms with Crippen LogP contribution in [0.15, 0.2) is 132 Å². The number of carbonyl (C=O) groups excluding carboxylic acids is 3. The normalized spacial score (nSPS) is 13.2. The average Bonchev–Trinajstić information content (AvgIpc) is 3.38. The molecule has 1 fully saturated rings. The molecule has 23 heteroatoms. The maximum Gasteiger partial charge on any atom is 0.490 e. The Morgan fingerprint density at radius 2 is 1.41 bits per heavy atom. The van der Waals surface area contributed by atoms with Crippen LogP contribution in [-0.2, 0) is 36.8 Å². The minimum Gasteiger partial charge on any atom is -0.506 e. The Morgan fingerprint density at radius 1 is 0.776 bits per heavy atom. The number of aromatic nitrogens is 1. The number of aliphatic carboxylic acids is 2. The first kappa shape index (κ1) is 58.6. The van der Waals surface area contributed by atoms with Crippen LogP contribution in [-0.4, -0.2) is 118 Å². The number of piperidine rings is 1. The Hall–Kier alpha value is -8.28. The average molecular weight is 1070 g/mol. The number of likely N-dealkylation sites (tertiary alicyclic amines) is 1. The van der Waals surface area contributed by atoms with Gasteiger partial charge < -0.3 is 50.6 Å². The van der Waals surface area contributed by atoms with Crippen molar-refractivity contribution >= 4 is 57.8 Å². The van der Waals surface area contributed by atoms with Crippen molar-refractivity contribution in [3.05, 3.63) is 154 Å². The van der Waals surface area contributed by atoms with Gasteiger partial charge in [0, 0.05) is 68.0 Å². The summed E-state index contributed by atoms with van der Waals surface area (Å²) in [7, 11) is 1.75. The highest BCUT2D eigenvalue weighted by Gasteiger charge is 2.39. The lowest BCUT2D eigenvalue weighted by Gasteiger charge is -2.31. The van der Waals surface area contributed by atoms with Gasteiger partial charge in [-0.05, 0) is 90.5 Å². The summed E-state index contributed by atoms with van der Waals surface area (Å²) < 4.78 is 69.3. The third-order valence-electron chi connectivity index (χ3n) is 11.7. The van der Waals surface area contributed by atoms with Gasteiger partial charge in [-0.1, -0.05) is 78.9 Å². The standard InChI is InChI=1S/C49H52N6O7.2C2HF3O2/c1-54(47(60)25-29-55-27-23-38(24-28-55)62-49(61)52-42-13-6-5-12-39(42)35-9-3-2-4-10-35)37-11-7-8-34(30-37)31-46(59)51-36-16-14-33(15-17-36)22-26-50-32-44(57)40-18-20-43(56)48-41(40)19-21-45(58)53-48;2*3-2(4,5)1(6)7/h2-21,30,38,44,50,56-57H,22-29,31-32H2,1H3,(H,51,59)(H,52,61)(H,53,58);2*(H,6,7)/t44-;;/m0../s1. The van der Waals surface area contributed by atoms with Gasteiger partial charge >= 0.3 is 30.4 Å². The molecule has 17 nitrogen and oxygen atoms in total. The summed E-state index contributed by atoms with van der Waals surface area (Å²) in [6.45, 7) is 2.92. The fraction of sp³-hybridized carbons (Fsp3) is 0.283. The molecule has 0 unspecified atom stereocenters. The summed E-state index contributed by atoms with van der Waals surface area (Å²) in [6, 6.07) is 38.6. The van der Waals surface area contributed by atoms with Crippen LogP contribution in [0.25, 0.3) is 22.0 Å². The number of ether oxygens (including phenoxy) is 1. The fourth-order valence-electron chi connectivity index (χ4n) is 7.72. The smallest absolute Gasteiger partial charge is 0.490 e. The Balaban J connectivity index is 0.000000671. The number of amides is 3. The van der Waals surface area contributed by atoms with E-state index in [1.165, 1.54) is 12.1 Å². The number of carboxylic acids is 2. The van der Waals surface area contributed by atoms with E-state index in [0.717, 1.165) is 35.3 Å². The highest BCUT2D eigenvalue weighted by molar-refractivity contribution is 5.95. The highest BCUT2D eigenvalue weighted by Crippen LogP contribution is 2.30. The Morgan fingerprint density at radius 3 is 2.05 bits per heavy atom. The number of fused-ring (bicyclic) bond motifs is 1. The number of carboxylic acid groups (broad SMARTS) is 2. The van der Waals surface area contributed by atoms with Crippen molar-refractivity contribution in [3.8, 4) is 16.9 Å². The number of nitrogens with zero attached hydrogens (tertiary/aromatic N) is 2. The number of pyridine rings is 1. The molecular weight excluding hydrogens is 1010 g/mol. The van der Waals surface area contributed by atoms with Crippen molar-refractivity contribution in [2.75, 3.05) is 55.3 Å². The molecule has 404 valence electrons. The van der Waals surface area contributed by atoms with Crippen LogP contribution in [0.1, 0.15) is 42.1 Å². The van der Waals surface area contributed by atoms with Crippen molar-refractivity contribution in [1.82, 2.24) is 15.2 Å². The zero-order chi connectivity index (χ0) is 55.6. The topological polar surface area (TPSA) is 251 Å². The maximum absolute atomic E-state index is 13.2. The van der Waals surface area contributed by atoms with Crippen LogP contribution in [0.3, 0.4) is 0 Å². The summed E-state index contributed by atoms with van der Waals surface area (Å²) >= 11 is 0. The van der Waals surface area contributed by atoms with Crippen molar-refractivity contribution in [3.63, 3.8) is 0 Å². The first-order chi connectivity index (χ1) is 36.0. The number of aliphatic hydroxyl groups is 1. The van der Waals surface area contributed by atoms with Crippen LogP contribution in [0.5, 0.6) is 5.75 Å². The number of halogens is 6. The van der Waals surface area contributed by atoms with Crippen molar-refractivity contribution in [1.29, 1.82) is 0 Å². The number of aliphatic hydroxyl groups excluding tert-OH is 1. The lowest BCUT2D eigenvalue weighted by Crippen LogP contribution is -2.40. The Kier molecular flexibility index (Phi) is 21.1. The maximum atomic E-state index is 13.2. The number of para-hydroxylation sites is 1. The number of hydrogen-bond donors (Lipinski definition) is 8. The second-order valence-electron chi connectivity index (χ2n) is 17.1. The molecule has 1 aliphatic heterocycles. The number of rotatable bonds is 16. The first-order valence-electron chi connectivity index (χ1n) is 23.4. The van der Waals surface area contributed by atoms with Gasteiger partial charge in [0.15, 0.2) is 0 Å². The van der Waals surface area contributed by atoms with E-state index in [9.17, 15) is 55.7 Å². The summed E-state index contributed by atoms with van der Waals surface area (Å²) in [5.41, 5.74) is 6.42. The zero-order valence-corrected chi connectivity index (χ0v) is 40.7. The molecule has 7 rings (SSSR count). The van der Waals surface area contributed by atoms with E-state index >= 15 is 0 Å². The molecule has 76 heavy (non-hydrogen) atoms. The number of anilines is 3. The summed E-state index contributed by atoms with van der Waals surface area (Å²) in [6.07, 6.45) is -9.14. The number of H-pyrrole nitrogens is 1. The predicted molar refractivity (Wildman–Crippen MR) is 270 cm³/mol. The van der Waals surface area contributed by atoms with E-state index < -0.39 is 36.5 Å². The number of carbonyl (C=O) groups is 5. The minimum atomic E-state index is -5.08. The molecule has 1 aliphatic rings. The van der Waals surface area contributed by atoms with Crippen LogP contribution >= 0.6 is 0 Å². The fourth-order valence-corrected chi connectivity index (χ4v) is 7.72. The molecule has 3 amide bonds. The molecule has 2 heterocycles. The van der Waals surface area contributed by atoms with Gasteiger partial charge in [0.2, 0.25) is 17.4 Å². The lowest BCUT2D eigenvalue weighted by molar-refractivity contribution is -0.193. The molecule has 5 aromatic carbocycles. The number of aromatic amines is 1. The van der Waals surface area contributed by atoms with Gasteiger partial charge in [0.1, 0.15) is 11.9 Å². The number of hydrogen-bond acceptors (Lipinski definition) is 11. The number of aromatic hydroxyl groups is 1. The van der Waals surface area contributed by atoms with Gasteiger partial charge in [0.25, 0.3) is 0 Å². The second-order valence-corrected chi connectivity index (χ2v) is 17.1. The summed E-state index contributed by atoms with van der Waals surface area (Å²) in [5, 5.41) is 44.9. The summed E-state index contributed by atoms with van der Waals surface area (Å²) in [4.78, 5) is 75.0. The molecule has 1 aromatic heterocycles. The van der Waals surface area contributed by atoms with Gasteiger partial charge in [-0.2, -0.15) is 26.3 Å². The van der Waals surface area contributed by atoms with Crippen LogP contribution in [0.4, 0.5) is 48.2 Å². The monoisotopic (exact) mass is 1060 g/mol. The molecule has 0 radical (unpaired) electrons. The number of phenolic OH excluding ortho intramolecular Hbond substituents is 1. The Bertz CT molecular complexity index is 2960. The molecule has 0 saturated carbocycles. The SMILES string of the molecule is CN(C(=O)CCN1CCC(OC(=O)Nc2ccccc2-c2ccccc2)CC1)c1cccc(CC(=O)Nc2ccc(CCNC[C@H](O)c3ccc(O)c4[nH]c(=O)ccc34)cc2)c1.O=C(O)C(F)(F)F.O=C(O)C(F)(F)F. The van der Waals surface area contributed by atoms with Crippen LogP contribution in [0.2, 0.25) is 0 Å². The molecule has 8 N–H and O–H groups in total. The largest absolute Gasteiger partial charge is 0.506 e. The van der Waals surface area contributed by atoms with Crippen LogP contribution < -0.4 is 26.4 Å². The van der Waals surface area contributed by atoms with Crippen LogP contribution in [0, 0.1) is 0 Å². The summed E-state index contributed by atoms with van der Waals surface area (Å²) in [5.74, 6) is -5.77. The molecular formula is C53H54F6N6O11. The Labute approximate surface area is 430 Å². The van der Waals surface area contributed by atoms with E-state index in [-0.39, 0.29) is 42.2 Å². The number of phenols is 1. The highest BCUT2D eigenvalue weighted by atomic mass is 19.4. The number of alkyl halides is 6. The molecule has 0 aliphatic carbocycles. The van der Waals surface area contributed by atoms with E-state index in [2.05, 4.69) is 25.8 Å². The van der Waals surface area contributed by atoms with E-state index in [1.807, 2.05) is 103 Å². The zero-order valence-electron chi connectivity index (χ0n) is 40.7. The number of benzene rings is 5. The predicted octanol–water partition coefficient (Wildman–Crippen LogP) is 8.28. The van der Waals surface area contributed by atoms with Crippen molar-refractivity contribution in [2.24, 2.45) is 0 Å². The van der Waals surface area contributed by atoms with E-state index in [4.69, 9.17) is 24.5 Å². The molecule has 1 atom stereocenters. The van der Waals surface area contributed by atoms with E-state index in [1.54, 1.807) is 24.1 Å².